The predicted octanol–water partition coefficient (Wildman–Crippen LogP) is 3.57. The number of nitrogens with one attached hydrogen (secondary N) is 1. The first-order valence-corrected chi connectivity index (χ1v) is 9.50. The molecule has 0 saturated carbocycles. The van der Waals surface area contributed by atoms with E-state index in [4.69, 9.17) is 4.74 Å². The molecule has 0 unspecified atom stereocenters. The lowest BCUT2D eigenvalue weighted by Crippen LogP contribution is -2.14. The number of fused-ring (bicyclic) bond motifs is 2. The summed E-state index contributed by atoms with van der Waals surface area (Å²) < 4.78 is 22.0. The second-order valence-corrected chi connectivity index (χ2v) is 6.96. The van der Waals surface area contributed by atoms with Crippen molar-refractivity contribution in [2.75, 3.05) is 11.9 Å². The number of rotatable bonds is 4. The molecular weight excluding hydrogens is 371 g/mol. The number of hydrogen-bond acceptors (Lipinski definition) is 6. The van der Waals surface area contributed by atoms with Crippen LogP contribution in [-0.2, 0) is 13.0 Å². The van der Waals surface area contributed by atoms with Gasteiger partial charge in [-0.3, -0.25) is 9.38 Å². The molecule has 7 nitrogen and oxygen atoms in total. The second-order valence-electron chi connectivity index (χ2n) is 6.96. The van der Waals surface area contributed by atoms with Gasteiger partial charge in [-0.15, -0.1) is 10.2 Å². The molecule has 0 bridgehead atoms. The molecule has 1 aliphatic rings. The zero-order valence-electron chi connectivity index (χ0n) is 15.9. The zero-order chi connectivity index (χ0) is 19.8. The second kappa shape index (κ2) is 7.12. The molecule has 0 amide bonds. The molecule has 0 radical (unpaired) electrons. The van der Waals surface area contributed by atoms with E-state index in [2.05, 4.69) is 25.5 Å². The van der Waals surface area contributed by atoms with Gasteiger partial charge in [0, 0.05) is 35.1 Å². The summed E-state index contributed by atoms with van der Waals surface area (Å²) in [6.07, 6.45) is 6.84. The molecule has 4 heterocycles. The highest BCUT2D eigenvalue weighted by Gasteiger charge is 2.19. The van der Waals surface area contributed by atoms with Crippen molar-refractivity contribution >= 4 is 11.5 Å². The lowest BCUT2D eigenvalue weighted by molar-refractivity contribution is 0.286. The van der Waals surface area contributed by atoms with E-state index in [0.717, 1.165) is 41.1 Å². The largest absolute Gasteiger partial charge is 0.493 e. The van der Waals surface area contributed by atoms with Gasteiger partial charge in [-0.1, -0.05) is 0 Å². The quantitative estimate of drug-likeness (QED) is 0.574. The summed E-state index contributed by atoms with van der Waals surface area (Å²) in [6, 6.07) is 7.02. The van der Waals surface area contributed by atoms with E-state index in [1.54, 1.807) is 24.8 Å². The molecule has 8 heteroatoms. The van der Waals surface area contributed by atoms with Crippen molar-refractivity contribution in [2.24, 2.45) is 0 Å². The number of pyridine rings is 1. The average Bonchev–Trinajstić information content (AvgIpc) is 3.24. The monoisotopic (exact) mass is 390 g/mol. The van der Waals surface area contributed by atoms with Gasteiger partial charge in [0.15, 0.2) is 5.82 Å². The average molecular weight is 390 g/mol. The van der Waals surface area contributed by atoms with E-state index >= 15 is 0 Å². The topological polar surface area (TPSA) is 77.2 Å². The van der Waals surface area contributed by atoms with Gasteiger partial charge in [-0.05, 0) is 44.0 Å². The van der Waals surface area contributed by atoms with Crippen LogP contribution in [0.4, 0.5) is 10.2 Å². The molecule has 1 N–H and O–H groups in total. The first-order chi connectivity index (χ1) is 14.2. The van der Waals surface area contributed by atoms with Gasteiger partial charge in [-0.2, -0.15) is 0 Å². The lowest BCUT2D eigenvalue weighted by Gasteiger charge is -2.21. The van der Waals surface area contributed by atoms with Crippen molar-refractivity contribution in [2.45, 2.75) is 26.3 Å². The summed E-state index contributed by atoms with van der Waals surface area (Å²) in [5.74, 6) is 1.06. The minimum absolute atomic E-state index is 0.248. The Bertz CT molecular complexity index is 1210. The van der Waals surface area contributed by atoms with E-state index in [-0.39, 0.29) is 5.82 Å². The molecule has 3 aromatic heterocycles. The van der Waals surface area contributed by atoms with Gasteiger partial charge >= 0.3 is 0 Å². The number of benzene rings is 1. The molecule has 0 fully saturated rings. The van der Waals surface area contributed by atoms with Crippen molar-refractivity contribution in [3.63, 3.8) is 0 Å². The van der Waals surface area contributed by atoms with Crippen LogP contribution < -0.4 is 10.1 Å². The summed E-state index contributed by atoms with van der Waals surface area (Å²) in [5.41, 5.74) is 4.79. The minimum atomic E-state index is -0.248. The molecule has 1 aromatic carbocycles. The van der Waals surface area contributed by atoms with E-state index in [1.165, 1.54) is 6.07 Å². The van der Waals surface area contributed by atoms with Crippen LogP contribution in [0.25, 0.3) is 16.9 Å². The molecule has 4 aromatic rings. The Kier molecular flexibility index (Phi) is 4.31. The number of hydrogen-bond donors (Lipinski definition) is 1. The Labute approximate surface area is 166 Å². The maximum Gasteiger partial charge on any atom is 0.203 e. The fourth-order valence-electron chi connectivity index (χ4n) is 3.74. The highest BCUT2D eigenvalue weighted by atomic mass is 19.1. The Morgan fingerprint density at radius 1 is 1.24 bits per heavy atom. The van der Waals surface area contributed by atoms with Crippen LogP contribution in [0, 0.1) is 12.7 Å². The van der Waals surface area contributed by atoms with Crippen molar-refractivity contribution in [3.05, 3.63) is 65.6 Å². The third kappa shape index (κ3) is 3.06. The van der Waals surface area contributed by atoms with Crippen LogP contribution in [0.1, 0.15) is 23.2 Å². The highest BCUT2D eigenvalue weighted by Crippen LogP contribution is 2.31. The highest BCUT2D eigenvalue weighted by molar-refractivity contribution is 5.70. The first-order valence-electron chi connectivity index (χ1n) is 9.50. The molecule has 0 aliphatic carbocycles. The maximum atomic E-state index is 14.5. The van der Waals surface area contributed by atoms with Gasteiger partial charge in [0.05, 0.1) is 18.5 Å². The molecule has 0 spiro atoms. The van der Waals surface area contributed by atoms with E-state index in [1.807, 2.05) is 23.5 Å². The predicted molar refractivity (Wildman–Crippen MR) is 106 cm³/mol. The summed E-state index contributed by atoms with van der Waals surface area (Å²) in [4.78, 5) is 8.88. The molecular formula is C21H19FN6O. The van der Waals surface area contributed by atoms with Crippen LogP contribution in [0.5, 0.6) is 5.75 Å². The summed E-state index contributed by atoms with van der Waals surface area (Å²) in [5, 5.41) is 11.5. The normalized spacial score (nSPS) is 13.2. The van der Waals surface area contributed by atoms with Crippen molar-refractivity contribution in [1.29, 1.82) is 0 Å². The van der Waals surface area contributed by atoms with Gasteiger partial charge in [0.25, 0.3) is 0 Å². The van der Waals surface area contributed by atoms with Gasteiger partial charge in [0.1, 0.15) is 17.9 Å². The summed E-state index contributed by atoms with van der Waals surface area (Å²) in [6.45, 7) is 2.91. The number of nitrogens with zero attached hydrogens (tertiary/aromatic N) is 5. The smallest absolute Gasteiger partial charge is 0.203 e. The lowest BCUT2D eigenvalue weighted by atomic mass is 9.99. The van der Waals surface area contributed by atoms with Gasteiger partial charge < -0.3 is 10.1 Å². The fourth-order valence-corrected chi connectivity index (χ4v) is 3.74. The summed E-state index contributed by atoms with van der Waals surface area (Å²) >= 11 is 0. The number of ether oxygens (including phenoxy) is 1. The number of anilines is 1. The van der Waals surface area contributed by atoms with Crippen molar-refractivity contribution < 1.29 is 9.13 Å². The van der Waals surface area contributed by atoms with Crippen LogP contribution >= 0.6 is 0 Å². The van der Waals surface area contributed by atoms with Gasteiger partial charge in [-0.25, -0.2) is 9.37 Å². The van der Waals surface area contributed by atoms with E-state index in [0.29, 0.717) is 30.2 Å². The Hall–Kier alpha value is -3.55. The van der Waals surface area contributed by atoms with E-state index < -0.39 is 0 Å². The first kappa shape index (κ1) is 17.5. The Balaban J connectivity index is 1.50. The molecule has 1 aliphatic heterocycles. The summed E-state index contributed by atoms with van der Waals surface area (Å²) in [7, 11) is 0. The third-order valence-corrected chi connectivity index (χ3v) is 5.21. The van der Waals surface area contributed by atoms with Gasteiger partial charge in [0.2, 0.25) is 5.65 Å². The number of aryl methyl sites for hydroxylation is 1. The van der Waals surface area contributed by atoms with E-state index in [9.17, 15) is 4.39 Å². The molecule has 146 valence electrons. The fraction of sp³-hybridized carbons (Fsp3) is 0.238. The van der Waals surface area contributed by atoms with Crippen LogP contribution in [0.15, 0.2) is 43.0 Å². The Morgan fingerprint density at radius 2 is 2.17 bits per heavy atom. The van der Waals surface area contributed by atoms with Crippen molar-refractivity contribution in [3.8, 4) is 17.0 Å². The maximum absolute atomic E-state index is 14.5. The zero-order valence-corrected chi connectivity index (χ0v) is 15.9. The van der Waals surface area contributed by atoms with Crippen LogP contribution in [-0.4, -0.2) is 31.2 Å². The molecule has 0 atom stereocenters. The standard InChI is InChI=1S/C21H19FN6O/c1-13-14(4-2-8-23-13)18-11-25-20(21-27-26-12-28(18)21)24-10-16-15-5-3-9-29-19(15)7-6-17(16)22/h2,4,6-8,11-12H,3,5,9-10H2,1H3,(H,24,25). The molecule has 0 saturated heterocycles. The number of halogens is 1. The third-order valence-electron chi connectivity index (χ3n) is 5.21. The van der Waals surface area contributed by atoms with Crippen molar-refractivity contribution in [1.82, 2.24) is 24.6 Å². The number of aromatic nitrogens is 5. The SMILES string of the molecule is Cc1ncccc1-c1cnc(NCc2c(F)ccc3c2CCCO3)c2nncn12. The van der Waals surface area contributed by atoms with Crippen LogP contribution in [0.3, 0.4) is 0 Å². The Morgan fingerprint density at radius 3 is 3.07 bits per heavy atom. The van der Waals surface area contributed by atoms with Crippen LogP contribution in [0.2, 0.25) is 0 Å². The molecule has 5 rings (SSSR count). The molecule has 29 heavy (non-hydrogen) atoms. The minimum Gasteiger partial charge on any atom is -0.493 e.